The molecule has 1 aromatic carbocycles. The summed E-state index contributed by atoms with van der Waals surface area (Å²) < 4.78 is 13.3. The van der Waals surface area contributed by atoms with Crippen LogP contribution in [0.1, 0.15) is 37.7 Å². The van der Waals surface area contributed by atoms with E-state index in [4.69, 9.17) is 11.6 Å². The largest absolute Gasteiger partial charge is 0.392 e. The van der Waals surface area contributed by atoms with Crippen molar-refractivity contribution in [1.82, 2.24) is 0 Å². The van der Waals surface area contributed by atoms with Crippen LogP contribution >= 0.6 is 23.4 Å². The molecule has 1 atom stereocenters. The Bertz CT molecular complexity index is 407. The van der Waals surface area contributed by atoms with E-state index >= 15 is 0 Å². The fourth-order valence-electron chi connectivity index (χ4n) is 2.48. The molecule has 0 amide bonds. The average molecular weight is 303 g/mol. The van der Waals surface area contributed by atoms with Gasteiger partial charge in [0, 0.05) is 11.0 Å². The van der Waals surface area contributed by atoms with Gasteiger partial charge in [-0.3, -0.25) is 0 Å². The zero-order valence-corrected chi connectivity index (χ0v) is 12.5. The third-order valence-electron chi connectivity index (χ3n) is 3.53. The lowest BCUT2D eigenvalue weighted by Crippen LogP contribution is -2.17. The molecule has 1 nitrogen and oxygen atoms in total. The van der Waals surface area contributed by atoms with Gasteiger partial charge in [0.25, 0.3) is 0 Å². The molecule has 0 bridgehead atoms. The van der Waals surface area contributed by atoms with Gasteiger partial charge in [-0.25, -0.2) is 4.39 Å². The molecule has 0 spiro atoms. The SMILES string of the molecule is OC(CSC1CCCCC1)Cc1ccc(Cl)c(F)c1. The van der Waals surface area contributed by atoms with Gasteiger partial charge in [0.15, 0.2) is 0 Å². The summed E-state index contributed by atoms with van der Waals surface area (Å²) in [6, 6.07) is 4.74. The molecule has 19 heavy (non-hydrogen) atoms. The minimum atomic E-state index is -0.411. The van der Waals surface area contributed by atoms with Gasteiger partial charge in [0.05, 0.1) is 11.1 Å². The van der Waals surface area contributed by atoms with E-state index in [2.05, 4.69) is 0 Å². The van der Waals surface area contributed by atoms with Crippen LogP contribution in [0.2, 0.25) is 5.02 Å². The molecule has 2 rings (SSSR count). The van der Waals surface area contributed by atoms with Crippen LogP contribution in [0.4, 0.5) is 4.39 Å². The Kier molecular flexibility index (Phi) is 5.99. The van der Waals surface area contributed by atoms with Gasteiger partial charge in [-0.2, -0.15) is 11.8 Å². The number of thioether (sulfide) groups is 1. The molecule has 1 fully saturated rings. The quantitative estimate of drug-likeness (QED) is 0.867. The van der Waals surface area contributed by atoms with Gasteiger partial charge in [0.1, 0.15) is 5.82 Å². The van der Waals surface area contributed by atoms with E-state index in [1.165, 1.54) is 38.2 Å². The van der Waals surface area contributed by atoms with Crippen LogP contribution in [-0.4, -0.2) is 22.2 Å². The van der Waals surface area contributed by atoms with Gasteiger partial charge >= 0.3 is 0 Å². The Morgan fingerprint density at radius 1 is 1.32 bits per heavy atom. The number of hydrogen-bond donors (Lipinski definition) is 1. The van der Waals surface area contributed by atoms with E-state index in [9.17, 15) is 9.50 Å². The Labute approximate surface area is 123 Å². The van der Waals surface area contributed by atoms with E-state index in [0.717, 1.165) is 11.3 Å². The van der Waals surface area contributed by atoms with Crippen LogP contribution in [0.25, 0.3) is 0 Å². The average Bonchev–Trinajstić information content (AvgIpc) is 2.42. The summed E-state index contributed by atoms with van der Waals surface area (Å²) in [5.74, 6) is 0.320. The molecule has 106 valence electrons. The van der Waals surface area contributed by atoms with Crippen LogP contribution < -0.4 is 0 Å². The van der Waals surface area contributed by atoms with Crippen molar-refractivity contribution < 1.29 is 9.50 Å². The fourth-order valence-corrected chi connectivity index (χ4v) is 3.87. The van der Waals surface area contributed by atoms with Crippen LogP contribution in [0.5, 0.6) is 0 Å². The molecule has 1 saturated carbocycles. The van der Waals surface area contributed by atoms with Crippen LogP contribution in [0, 0.1) is 5.82 Å². The predicted octanol–water partition coefficient (Wildman–Crippen LogP) is 4.45. The second-order valence-electron chi connectivity index (χ2n) is 5.20. The number of aliphatic hydroxyl groups excluding tert-OH is 1. The summed E-state index contributed by atoms with van der Waals surface area (Å²) in [6.07, 6.45) is 6.61. The maximum absolute atomic E-state index is 13.3. The molecule has 4 heteroatoms. The third kappa shape index (κ3) is 4.97. The minimum absolute atomic E-state index is 0.134. The Morgan fingerprint density at radius 2 is 2.05 bits per heavy atom. The fraction of sp³-hybridized carbons (Fsp3) is 0.600. The zero-order valence-electron chi connectivity index (χ0n) is 10.9. The summed E-state index contributed by atoms with van der Waals surface area (Å²) in [6.45, 7) is 0. The van der Waals surface area contributed by atoms with Crippen molar-refractivity contribution in [3.8, 4) is 0 Å². The lowest BCUT2D eigenvalue weighted by Gasteiger charge is -2.22. The number of aliphatic hydroxyl groups is 1. The van der Waals surface area contributed by atoms with Gasteiger partial charge < -0.3 is 5.11 Å². The highest BCUT2D eigenvalue weighted by Gasteiger charge is 2.16. The number of hydrogen-bond acceptors (Lipinski definition) is 2. The van der Waals surface area contributed by atoms with Crippen molar-refractivity contribution in [3.63, 3.8) is 0 Å². The van der Waals surface area contributed by atoms with Crippen LogP contribution in [0.3, 0.4) is 0 Å². The molecule has 1 N–H and O–H groups in total. The Hall–Kier alpha value is -0.250. The maximum atomic E-state index is 13.3. The normalized spacial score (nSPS) is 18.5. The Balaban J connectivity index is 1.76. The molecular formula is C15H20ClFOS. The van der Waals surface area contributed by atoms with Gasteiger partial charge in [-0.1, -0.05) is 36.9 Å². The first-order valence-corrected chi connectivity index (χ1v) is 8.31. The zero-order chi connectivity index (χ0) is 13.7. The van der Waals surface area contributed by atoms with E-state index < -0.39 is 11.9 Å². The van der Waals surface area contributed by atoms with Crippen molar-refractivity contribution in [1.29, 1.82) is 0 Å². The third-order valence-corrected chi connectivity index (χ3v) is 5.36. The molecular weight excluding hydrogens is 283 g/mol. The van der Waals surface area contributed by atoms with Crippen LogP contribution in [-0.2, 0) is 6.42 Å². The topological polar surface area (TPSA) is 20.2 Å². The molecule has 0 aromatic heterocycles. The molecule has 0 saturated heterocycles. The van der Waals surface area contributed by atoms with Gasteiger partial charge in [0.2, 0.25) is 0 Å². The van der Waals surface area contributed by atoms with Crippen molar-refractivity contribution >= 4 is 23.4 Å². The number of benzene rings is 1. The summed E-state index contributed by atoms with van der Waals surface area (Å²) in [5, 5.41) is 10.9. The molecule has 1 unspecified atom stereocenters. The van der Waals surface area contributed by atoms with Crippen molar-refractivity contribution in [3.05, 3.63) is 34.6 Å². The lowest BCUT2D eigenvalue weighted by atomic mass is 10.0. The first kappa shape index (κ1) is 15.1. The highest BCUT2D eigenvalue weighted by atomic mass is 35.5. The molecule has 1 aliphatic rings. The van der Waals surface area contributed by atoms with Crippen LogP contribution in [0.15, 0.2) is 18.2 Å². The second kappa shape index (κ2) is 7.51. The van der Waals surface area contributed by atoms with Crippen molar-refractivity contribution in [2.24, 2.45) is 0 Å². The van der Waals surface area contributed by atoms with E-state index in [1.54, 1.807) is 12.1 Å². The smallest absolute Gasteiger partial charge is 0.142 e. The van der Waals surface area contributed by atoms with Crippen molar-refractivity contribution in [2.45, 2.75) is 49.9 Å². The number of rotatable bonds is 5. The van der Waals surface area contributed by atoms with Crippen molar-refractivity contribution in [2.75, 3.05) is 5.75 Å². The minimum Gasteiger partial charge on any atom is -0.392 e. The van der Waals surface area contributed by atoms with E-state index in [-0.39, 0.29) is 5.02 Å². The maximum Gasteiger partial charge on any atom is 0.142 e. The predicted molar refractivity (Wildman–Crippen MR) is 80.5 cm³/mol. The first-order valence-electron chi connectivity index (χ1n) is 6.89. The molecule has 0 heterocycles. The number of halogens is 2. The molecule has 1 aliphatic carbocycles. The second-order valence-corrected chi connectivity index (χ2v) is 6.94. The summed E-state index contributed by atoms with van der Waals surface area (Å²) in [4.78, 5) is 0. The molecule has 0 aliphatic heterocycles. The monoisotopic (exact) mass is 302 g/mol. The molecule has 0 radical (unpaired) electrons. The van der Waals surface area contributed by atoms with E-state index in [1.807, 2.05) is 11.8 Å². The Morgan fingerprint density at radius 3 is 2.74 bits per heavy atom. The lowest BCUT2D eigenvalue weighted by molar-refractivity contribution is 0.200. The standard InChI is InChI=1S/C15H20ClFOS/c16-14-7-6-11(9-15(14)17)8-12(18)10-19-13-4-2-1-3-5-13/h6-7,9,12-13,18H,1-5,8,10H2. The van der Waals surface area contributed by atoms with Gasteiger partial charge in [-0.05, 0) is 37.0 Å². The highest BCUT2D eigenvalue weighted by Crippen LogP contribution is 2.29. The molecule has 1 aromatic rings. The summed E-state index contributed by atoms with van der Waals surface area (Å²) in [5.41, 5.74) is 0.804. The van der Waals surface area contributed by atoms with E-state index in [0.29, 0.717) is 11.7 Å². The first-order chi connectivity index (χ1) is 9.15. The highest BCUT2D eigenvalue weighted by molar-refractivity contribution is 7.99. The summed E-state index contributed by atoms with van der Waals surface area (Å²) in [7, 11) is 0. The van der Waals surface area contributed by atoms with Gasteiger partial charge in [-0.15, -0.1) is 0 Å². The summed E-state index contributed by atoms with van der Waals surface area (Å²) >= 11 is 7.50.